The Kier molecular flexibility index (Phi) is 3.87. The second kappa shape index (κ2) is 6.32. The number of carbonyl (C=O) groups is 1. The molecule has 0 heterocycles. The maximum absolute atomic E-state index is 11.1. The SMILES string of the molecule is O=COC(Cc1ccccc1)c1cccc2c1-c1ccccc1C2. The normalized spacial score (nSPS) is 13.0. The highest BCUT2D eigenvalue weighted by Gasteiger charge is 2.25. The molecular weight excluding hydrogens is 296 g/mol. The van der Waals surface area contributed by atoms with E-state index in [0.29, 0.717) is 12.9 Å². The summed E-state index contributed by atoms with van der Waals surface area (Å²) in [6.07, 6.45) is 1.35. The molecule has 0 radical (unpaired) electrons. The fourth-order valence-electron chi connectivity index (χ4n) is 3.61. The van der Waals surface area contributed by atoms with E-state index in [4.69, 9.17) is 4.74 Å². The van der Waals surface area contributed by atoms with Crippen molar-refractivity contribution >= 4 is 6.47 Å². The van der Waals surface area contributed by atoms with Gasteiger partial charge < -0.3 is 4.74 Å². The molecule has 0 bridgehead atoms. The van der Waals surface area contributed by atoms with E-state index in [1.807, 2.05) is 18.2 Å². The number of benzene rings is 3. The van der Waals surface area contributed by atoms with Crippen LogP contribution in [0.4, 0.5) is 0 Å². The Morgan fingerprint density at radius 2 is 1.62 bits per heavy atom. The van der Waals surface area contributed by atoms with Crippen LogP contribution in [0.5, 0.6) is 0 Å². The summed E-state index contributed by atoms with van der Waals surface area (Å²) in [4.78, 5) is 11.1. The molecule has 1 aliphatic rings. The number of carbonyl (C=O) groups excluding carboxylic acids is 1. The predicted octanol–water partition coefficient (Wildman–Crippen LogP) is 4.71. The molecule has 24 heavy (non-hydrogen) atoms. The molecule has 4 rings (SSSR count). The summed E-state index contributed by atoms with van der Waals surface area (Å²) in [6, 6.07) is 24.9. The van der Waals surface area contributed by atoms with Crippen LogP contribution in [-0.4, -0.2) is 6.47 Å². The first-order valence-electron chi connectivity index (χ1n) is 8.20. The van der Waals surface area contributed by atoms with Crippen molar-refractivity contribution in [2.75, 3.05) is 0 Å². The van der Waals surface area contributed by atoms with Crippen LogP contribution >= 0.6 is 0 Å². The van der Waals surface area contributed by atoms with Crippen LogP contribution in [0.2, 0.25) is 0 Å². The highest BCUT2D eigenvalue weighted by atomic mass is 16.5. The molecule has 0 amide bonds. The van der Waals surface area contributed by atoms with Gasteiger partial charge in [-0.3, -0.25) is 4.79 Å². The third kappa shape index (κ3) is 2.61. The molecule has 0 aromatic heterocycles. The van der Waals surface area contributed by atoms with E-state index < -0.39 is 0 Å². The number of ether oxygens (including phenoxy) is 1. The fraction of sp³-hybridized carbons (Fsp3) is 0.136. The molecule has 0 N–H and O–H groups in total. The first-order chi connectivity index (χ1) is 11.9. The largest absolute Gasteiger partial charge is 0.459 e. The quantitative estimate of drug-likeness (QED) is 0.498. The zero-order valence-electron chi connectivity index (χ0n) is 13.3. The minimum absolute atomic E-state index is 0.272. The summed E-state index contributed by atoms with van der Waals surface area (Å²) in [5.74, 6) is 0. The Labute approximate surface area is 141 Å². The Morgan fingerprint density at radius 3 is 2.46 bits per heavy atom. The molecule has 0 saturated heterocycles. The van der Waals surface area contributed by atoms with Crippen molar-refractivity contribution in [1.82, 2.24) is 0 Å². The lowest BCUT2D eigenvalue weighted by molar-refractivity contribution is -0.133. The van der Waals surface area contributed by atoms with Gasteiger partial charge in [-0.25, -0.2) is 0 Å². The van der Waals surface area contributed by atoms with Crippen LogP contribution in [0.15, 0.2) is 72.8 Å². The minimum Gasteiger partial charge on any atom is -0.459 e. The third-order valence-electron chi connectivity index (χ3n) is 4.68. The maximum atomic E-state index is 11.1. The van der Waals surface area contributed by atoms with Crippen LogP contribution in [0.1, 0.15) is 28.4 Å². The van der Waals surface area contributed by atoms with Crippen LogP contribution in [0.3, 0.4) is 0 Å². The van der Waals surface area contributed by atoms with Gasteiger partial charge in [0.15, 0.2) is 0 Å². The number of fused-ring (bicyclic) bond motifs is 3. The Hall–Kier alpha value is -2.87. The summed E-state index contributed by atoms with van der Waals surface area (Å²) in [5, 5.41) is 0. The van der Waals surface area contributed by atoms with Gasteiger partial charge in [0.2, 0.25) is 0 Å². The highest BCUT2D eigenvalue weighted by Crippen LogP contribution is 2.42. The van der Waals surface area contributed by atoms with Crippen molar-refractivity contribution in [3.05, 3.63) is 95.1 Å². The van der Waals surface area contributed by atoms with Crippen molar-refractivity contribution in [1.29, 1.82) is 0 Å². The van der Waals surface area contributed by atoms with Gasteiger partial charge in [-0.15, -0.1) is 0 Å². The average Bonchev–Trinajstić information content (AvgIpc) is 3.01. The lowest BCUT2D eigenvalue weighted by atomic mass is 9.92. The van der Waals surface area contributed by atoms with E-state index in [2.05, 4.69) is 54.6 Å². The van der Waals surface area contributed by atoms with Gasteiger partial charge in [0.05, 0.1) is 0 Å². The van der Waals surface area contributed by atoms with Crippen LogP contribution in [-0.2, 0) is 22.4 Å². The zero-order chi connectivity index (χ0) is 16.4. The molecule has 3 aromatic rings. The van der Waals surface area contributed by atoms with Gasteiger partial charge in [-0.1, -0.05) is 72.8 Å². The first kappa shape index (κ1) is 14.7. The van der Waals surface area contributed by atoms with Crippen molar-refractivity contribution in [2.24, 2.45) is 0 Å². The summed E-state index contributed by atoms with van der Waals surface area (Å²) < 4.78 is 5.49. The van der Waals surface area contributed by atoms with Crippen LogP contribution in [0, 0.1) is 0 Å². The Balaban J connectivity index is 1.78. The van der Waals surface area contributed by atoms with E-state index in [9.17, 15) is 4.79 Å². The van der Waals surface area contributed by atoms with Crippen LogP contribution < -0.4 is 0 Å². The van der Waals surface area contributed by atoms with Crippen molar-refractivity contribution < 1.29 is 9.53 Å². The molecule has 1 aliphatic carbocycles. The first-order valence-corrected chi connectivity index (χ1v) is 8.20. The standard InChI is InChI=1S/C22H18O2/c23-15-24-21(13-16-7-2-1-3-8-16)20-12-6-10-18-14-17-9-4-5-11-19(17)22(18)20/h1-12,15,21H,13-14H2. The van der Waals surface area contributed by atoms with E-state index in [0.717, 1.165) is 17.5 Å². The zero-order valence-corrected chi connectivity index (χ0v) is 13.3. The van der Waals surface area contributed by atoms with Gasteiger partial charge in [0.25, 0.3) is 6.47 Å². The van der Waals surface area contributed by atoms with Gasteiger partial charge in [-0.05, 0) is 34.2 Å². The molecular formula is C22H18O2. The molecule has 0 aliphatic heterocycles. The van der Waals surface area contributed by atoms with Crippen LogP contribution in [0.25, 0.3) is 11.1 Å². The fourth-order valence-corrected chi connectivity index (χ4v) is 3.61. The predicted molar refractivity (Wildman–Crippen MR) is 94.7 cm³/mol. The molecule has 3 aromatic carbocycles. The monoisotopic (exact) mass is 314 g/mol. The van der Waals surface area contributed by atoms with Crippen molar-refractivity contribution in [3.63, 3.8) is 0 Å². The topological polar surface area (TPSA) is 26.3 Å². The molecule has 0 spiro atoms. The smallest absolute Gasteiger partial charge is 0.293 e. The average molecular weight is 314 g/mol. The van der Waals surface area contributed by atoms with E-state index in [1.165, 1.54) is 22.3 Å². The summed E-state index contributed by atoms with van der Waals surface area (Å²) >= 11 is 0. The number of hydrogen-bond donors (Lipinski definition) is 0. The van der Waals surface area contributed by atoms with Crippen molar-refractivity contribution in [2.45, 2.75) is 18.9 Å². The third-order valence-corrected chi connectivity index (χ3v) is 4.68. The number of rotatable bonds is 5. The molecule has 1 atom stereocenters. The minimum atomic E-state index is -0.272. The summed E-state index contributed by atoms with van der Waals surface area (Å²) in [5.41, 5.74) is 7.39. The molecule has 0 fully saturated rings. The lowest BCUT2D eigenvalue weighted by Gasteiger charge is -2.19. The van der Waals surface area contributed by atoms with Gasteiger partial charge in [-0.2, -0.15) is 0 Å². The van der Waals surface area contributed by atoms with E-state index >= 15 is 0 Å². The molecule has 1 unspecified atom stereocenters. The molecule has 0 saturated carbocycles. The second-order valence-corrected chi connectivity index (χ2v) is 6.13. The summed E-state index contributed by atoms with van der Waals surface area (Å²) in [6.45, 7) is 0.563. The highest BCUT2D eigenvalue weighted by molar-refractivity contribution is 5.80. The Bertz CT molecular complexity index is 868. The van der Waals surface area contributed by atoms with Gasteiger partial charge in [0.1, 0.15) is 6.10 Å². The molecule has 2 nitrogen and oxygen atoms in total. The molecule has 2 heteroatoms. The van der Waals surface area contributed by atoms with E-state index in [1.54, 1.807) is 0 Å². The van der Waals surface area contributed by atoms with E-state index in [-0.39, 0.29) is 6.10 Å². The number of hydrogen-bond acceptors (Lipinski definition) is 2. The summed E-state index contributed by atoms with van der Waals surface area (Å²) in [7, 11) is 0. The van der Waals surface area contributed by atoms with Gasteiger partial charge >= 0.3 is 0 Å². The second-order valence-electron chi connectivity index (χ2n) is 6.13. The van der Waals surface area contributed by atoms with Crippen molar-refractivity contribution in [3.8, 4) is 11.1 Å². The maximum Gasteiger partial charge on any atom is 0.293 e. The van der Waals surface area contributed by atoms with Gasteiger partial charge in [0, 0.05) is 12.0 Å². The molecule has 118 valence electrons. The Morgan fingerprint density at radius 1 is 0.875 bits per heavy atom. The lowest BCUT2D eigenvalue weighted by Crippen LogP contribution is -2.08.